The van der Waals surface area contributed by atoms with Crippen LogP contribution in [0.15, 0.2) is 0 Å². The van der Waals surface area contributed by atoms with Gasteiger partial charge in [0, 0.05) is 12.8 Å². The van der Waals surface area contributed by atoms with Crippen molar-refractivity contribution in [2.24, 2.45) is 10.8 Å². The molecule has 2 heterocycles. The second kappa shape index (κ2) is 5.17. The summed E-state index contributed by atoms with van der Waals surface area (Å²) in [4.78, 5) is 24.6. The van der Waals surface area contributed by atoms with E-state index in [0.29, 0.717) is 19.3 Å². The third kappa shape index (κ3) is 2.84. The SMILES string of the molecule is CC(F)(F)CCCOC(=O)C12CCC(C)(C(=O)O1)C(C)(C)C2. The fraction of sp³-hybridized carbons (Fsp3) is 0.875. The van der Waals surface area contributed by atoms with Gasteiger partial charge in [-0.2, -0.15) is 0 Å². The number of esters is 2. The van der Waals surface area contributed by atoms with Gasteiger partial charge in [0.15, 0.2) is 0 Å². The predicted molar refractivity (Wildman–Crippen MR) is 75.4 cm³/mol. The molecule has 0 N–H and O–H groups in total. The summed E-state index contributed by atoms with van der Waals surface area (Å²) in [6.45, 7) is 6.52. The first-order valence-corrected chi connectivity index (χ1v) is 7.71. The third-order valence-corrected chi connectivity index (χ3v) is 5.35. The number of fused-ring (bicyclic) bond motifs is 3. The van der Waals surface area contributed by atoms with Crippen LogP contribution in [0, 0.1) is 10.8 Å². The van der Waals surface area contributed by atoms with Crippen molar-refractivity contribution in [3.8, 4) is 0 Å². The van der Waals surface area contributed by atoms with Crippen molar-refractivity contribution in [3.05, 3.63) is 0 Å². The van der Waals surface area contributed by atoms with E-state index in [1.54, 1.807) is 0 Å². The van der Waals surface area contributed by atoms with E-state index >= 15 is 0 Å². The number of carbonyl (C=O) groups excluding carboxylic acids is 2. The zero-order chi connectivity index (χ0) is 16.8. The lowest BCUT2D eigenvalue weighted by molar-refractivity contribution is -0.235. The van der Waals surface area contributed by atoms with Gasteiger partial charge in [-0.15, -0.1) is 0 Å². The van der Waals surface area contributed by atoms with Crippen LogP contribution in [0.4, 0.5) is 8.78 Å². The van der Waals surface area contributed by atoms with Crippen molar-refractivity contribution in [1.29, 1.82) is 0 Å². The smallest absolute Gasteiger partial charge is 0.350 e. The first kappa shape index (κ1) is 17.2. The molecule has 126 valence electrons. The van der Waals surface area contributed by atoms with Crippen LogP contribution in [0.25, 0.3) is 0 Å². The maximum Gasteiger partial charge on any atom is 0.350 e. The fourth-order valence-corrected chi connectivity index (χ4v) is 3.44. The van der Waals surface area contributed by atoms with E-state index in [1.807, 2.05) is 20.8 Å². The van der Waals surface area contributed by atoms with Gasteiger partial charge < -0.3 is 9.47 Å². The van der Waals surface area contributed by atoms with Crippen LogP contribution in [-0.2, 0) is 19.1 Å². The van der Waals surface area contributed by atoms with E-state index in [2.05, 4.69) is 0 Å². The molecule has 0 aromatic carbocycles. The van der Waals surface area contributed by atoms with Gasteiger partial charge in [-0.1, -0.05) is 13.8 Å². The van der Waals surface area contributed by atoms with Crippen LogP contribution >= 0.6 is 0 Å². The number of carbonyl (C=O) groups is 2. The number of halogens is 2. The first-order valence-electron chi connectivity index (χ1n) is 7.71. The fourth-order valence-electron chi connectivity index (χ4n) is 3.44. The highest BCUT2D eigenvalue weighted by Crippen LogP contribution is 2.59. The summed E-state index contributed by atoms with van der Waals surface area (Å²) >= 11 is 0. The molecule has 2 aliphatic heterocycles. The normalized spacial score (nSPS) is 33.5. The minimum Gasteiger partial charge on any atom is -0.463 e. The lowest BCUT2D eigenvalue weighted by Gasteiger charge is -2.57. The van der Waals surface area contributed by atoms with Gasteiger partial charge in [-0.3, -0.25) is 4.79 Å². The van der Waals surface area contributed by atoms with Gasteiger partial charge in [-0.05, 0) is 38.5 Å². The molecule has 1 saturated carbocycles. The monoisotopic (exact) mass is 318 g/mol. The van der Waals surface area contributed by atoms with Gasteiger partial charge in [0.1, 0.15) is 0 Å². The van der Waals surface area contributed by atoms with Crippen LogP contribution < -0.4 is 0 Å². The molecule has 3 fully saturated rings. The van der Waals surface area contributed by atoms with Gasteiger partial charge in [0.2, 0.25) is 11.5 Å². The summed E-state index contributed by atoms with van der Waals surface area (Å²) in [5.41, 5.74) is -2.19. The summed E-state index contributed by atoms with van der Waals surface area (Å²) in [5.74, 6) is -3.74. The summed E-state index contributed by atoms with van der Waals surface area (Å²) in [5, 5.41) is 0. The van der Waals surface area contributed by atoms with E-state index in [0.717, 1.165) is 6.92 Å². The maximum atomic E-state index is 12.7. The van der Waals surface area contributed by atoms with Gasteiger partial charge in [-0.25, -0.2) is 13.6 Å². The van der Waals surface area contributed by atoms with Gasteiger partial charge in [0.25, 0.3) is 0 Å². The van der Waals surface area contributed by atoms with E-state index in [4.69, 9.17) is 9.47 Å². The number of alkyl halides is 2. The minimum atomic E-state index is -2.77. The average molecular weight is 318 g/mol. The Balaban J connectivity index is 1.99. The highest BCUT2D eigenvalue weighted by Gasteiger charge is 2.66. The number of ether oxygens (including phenoxy) is 2. The van der Waals surface area contributed by atoms with Crippen LogP contribution in [0.5, 0.6) is 0 Å². The van der Waals surface area contributed by atoms with Crippen LogP contribution in [0.3, 0.4) is 0 Å². The Kier molecular flexibility index (Phi) is 4.03. The molecule has 0 spiro atoms. The Morgan fingerprint density at radius 3 is 2.45 bits per heavy atom. The lowest BCUT2D eigenvalue weighted by Crippen LogP contribution is -2.64. The van der Waals surface area contributed by atoms with E-state index in [9.17, 15) is 18.4 Å². The van der Waals surface area contributed by atoms with Crippen molar-refractivity contribution in [1.82, 2.24) is 0 Å². The average Bonchev–Trinajstić information content (AvgIpc) is 2.36. The van der Waals surface area contributed by atoms with Gasteiger partial charge >= 0.3 is 11.9 Å². The molecule has 2 saturated heterocycles. The van der Waals surface area contributed by atoms with Crippen LogP contribution in [0.1, 0.15) is 59.8 Å². The summed E-state index contributed by atoms with van der Waals surface area (Å²) in [7, 11) is 0. The second-order valence-corrected chi connectivity index (χ2v) is 7.59. The molecule has 2 bridgehead atoms. The molecule has 0 aromatic heterocycles. The van der Waals surface area contributed by atoms with E-state index in [1.165, 1.54) is 0 Å². The molecule has 0 aromatic rings. The van der Waals surface area contributed by atoms with Crippen molar-refractivity contribution in [3.63, 3.8) is 0 Å². The van der Waals surface area contributed by atoms with E-state index in [-0.39, 0.29) is 30.8 Å². The number of rotatable bonds is 5. The van der Waals surface area contributed by atoms with Crippen molar-refractivity contribution < 1.29 is 27.8 Å². The molecule has 22 heavy (non-hydrogen) atoms. The van der Waals surface area contributed by atoms with Crippen LogP contribution in [0.2, 0.25) is 0 Å². The molecule has 0 amide bonds. The number of hydrogen-bond acceptors (Lipinski definition) is 4. The summed E-state index contributed by atoms with van der Waals surface area (Å²) in [6, 6.07) is 0. The Labute approximate surface area is 129 Å². The Bertz CT molecular complexity index is 483. The molecule has 1 aliphatic carbocycles. The molecule has 6 heteroatoms. The molecule has 3 aliphatic rings. The Morgan fingerprint density at radius 1 is 1.32 bits per heavy atom. The minimum absolute atomic E-state index is 0.0837. The van der Waals surface area contributed by atoms with Crippen LogP contribution in [-0.4, -0.2) is 30.1 Å². The third-order valence-electron chi connectivity index (χ3n) is 5.35. The summed E-state index contributed by atoms with van der Waals surface area (Å²) in [6.07, 6.45) is 1.16. The van der Waals surface area contributed by atoms with Gasteiger partial charge in [0.05, 0.1) is 12.0 Å². The van der Waals surface area contributed by atoms with Crippen molar-refractivity contribution >= 4 is 11.9 Å². The zero-order valence-corrected chi connectivity index (χ0v) is 13.6. The molecular weight excluding hydrogens is 294 g/mol. The zero-order valence-electron chi connectivity index (χ0n) is 13.6. The van der Waals surface area contributed by atoms with Crippen molar-refractivity contribution in [2.75, 3.05) is 6.61 Å². The molecule has 0 radical (unpaired) electrons. The highest BCUT2D eigenvalue weighted by atomic mass is 19.3. The van der Waals surface area contributed by atoms with E-state index < -0.39 is 22.9 Å². The Hall–Kier alpha value is -1.20. The second-order valence-electron chi connectivity index (χ2n) is 7.59. The topological polar surface area (TPSA) is 52.6 Å². The Morgan fingerprint density at radius 2 is 1.95 bits per heavy atom. The predicted octanol–water partition coefficient (Wildman–Crippen LogP) is 3.48. The first-order chi connectivity index (χ1) is 9.92. The molecular formula is C16H24F2O4. The molecule has 2 unspecified atom stereocenters. The quantitative estimate of drug-likeness (QED) is 0.575. The largest absolute Gasteiger partial charge is 0.463 e. The molecule has 3 rings (SSSR count). The molecule has 4 nitrogen and oxygen atoms in total. The maximum absolute atomic E-state index is 12.7. The van der Waals surface area contributed by atoms with Crippen molar-refractivity contribution in [2.45, 2.75) is 71.3 Å². The summed E-state index contributed by atoms with van der Waals surface area (Å²) < 4.78 is 36.0. The molecule has 2 atom stereocenters. The number of hydrogen-bond donors (Lipinski definition) is 0. The lowest BCUT2D eigenvalue weighted by atomic mass is 9.53. The highest BCUT2D eigenvalue weighted by molar-refractivity contribution is 5.89. The standard InChI is InChI=1S/C16H24F2O4/c1-13(2)10-16(8-7-14(13,3)11(19)22-16)12(20)21-9-5-6-15(4,17)18/h5-10H2,1-4H3.